The van der Waals surface area contributed by atoms with E-state index in [1.54, 1.807) is 45.9 Å². The highest BCUT2D eigenvalue weighted by Crippen LogP contribution is 2.37. The van der Waals surface area contributed by atoms with Crippen molar-refractivity contribution >= 4 is 29.0 Å². The minimum absolute atomic E-state index is 0.0780. The van der Waals surface area contributed by atoms with Crippen LogP contribution in [0.15, 0.2) is 30.3 Å². The molecule has 0 unspecified atom stereocenters. The second-order valence-corrected chi connectivity index (χ2v) is 11.4. The van der Waals surface area contributed by atoms with Crippen molar-refractivity contribution in [1.82, 2.24) is 20.1 Å². The summed E-state index contributed by atoms with van der Waals surface area (Å²) in [7, 11) is 0. The van der Waals surface area contributed by atoms with Crippen LogP contribution in [0.5, 0.6) is 5.75 Å². The quantitative estimate of drug-likeness (QED) is 0.156. The fraction of sp³-hybridized carbons (Fsp3) is 0.433. The van der Waals surface area contributed by atoms with Gasteiger partial charge in [-0.3, -0.25) is 14.2 Å². The summed E-state index contributed by atoms with van der Waals surface area (Å²) in [6.45, 7) is 13.1. The lowest BCUT2D eigenvalue weighted by molar-refractivity contribution is -0.142. The minimum atomic E-state index is -0.840. The van der Waals surface area contributed by atoms with Crippen LogP contribution >= 0.6 is 0 Å². The van der Waals surface area contributed by atoms with Crippen LogP contribution in [0.2, 0.25) is 0 Å². The van der Waals surface area contributed by atoms with Crippen molar-refractivity contribution in [2.45, 2.75) is 41.5 Å². The Kier molecular flexibility index (Phi) is 8.95. The predicted octanol–water partition coefficient (Wildman–Crippen LogP) is 4.22. The van der Waals surface area contributed by atoms with Crippen LogP contribution in [-0.4, -0.2) is 65.2 Å². The maximum atomic E-state index is 15.6. The van der Waals surface area contributed by atoms with E-state index in [2.05, 4.69) is 15.5 Å². The van der Waals surface area contributed by atoms with E-state index < -0.39 is 23.1 Å². The normalized spacial score (nSPS) is 13.8. The largest absolute Gasteiger partial charge is 0.425 e. The van der Waals surface area contributed by atoms with Gasteiger partial charge in [-0.1, -0.05) is 13.8 Å². The molecule has 0 bridgehead atoms. The van der Waals surface area contributed by atoms with Crippen LogP contribution in [0, 0.1) is 22.6 Å². The van der Waals surface area contributed by atoms with Gasteiger partial charge in [-0.25, -0.2) is 4.39 Å². The summed E-state index contributed by atoms with van der Waals surface area (Å²) in [5.74, 6) is -1.59. The monoisotopic (exact) mass is 579 g/mol. The number of rotatable bonds is 8. The van der Waals surface area contributed by atoms with Crippen molar-refractivity contribution in [2.24, 2.45) is 11.3 Å². The number of aromatic nitrogens is 3. The second kappa shape index (κ2) is 12.3. The van der Waals surface area contributed by atoms with Gasteiger partial charge < -0.3 is 30.8 Å². The van der Waals surface area contributed by atoms with Gasteiger partial charge in [0, 0.05) is 48.7 Å². The molecule has 1 fully saturated rings. The highest BCUT2D eigenvalue weighted by molar-refractivity contribution is 6.05. The summed E-state index contributed by atoms with van der Waals surface area (Å²) in [6.07, 6.45) is 0. The van der Waals surface area contributed by atoms with E-state index in [0.717, 1.165) is 0 Å². The number of amides is 1. The summed E-state index contributed by atoms with van der Waals surface area (Å²) in [6, 6.07) is 7.71. The van der Waals surface area contributed by atoms with Gasteiger partial charge in [0.15, 0.2) is 5.82 Å². The summed E-state index contributed by atoms with van der Waals surface area (Å²) in [4.78, 5) is 28.0. The molecule has 11 nitrogen and oxygen atoms in total. The van der Waals surface area contributed by atoms with Gasteiger partial charge in [-0.15, -0.1) is 10.2 Å². The Hall–Kier alpha value is -4.32. The van der Waals surface area contributed by atoms with Crippen LogP contribution in [0.4, 0.5) is 15.8 Å². The van der Waals surface area contributed by atoms with E-state index >= 15 is 4.39 Å². The number of nitrogens with zero attached hydrogens (tertiary/aromatic N) is 4. The van der Waals surface area contributed by atoms with Gasteiger partial charge in [0.2, 0.25) is 5.82 Å². The highest BCUT2D eigenvalue weighted by atomic mass is 19.1. The zero-order valence-electron chi connectivity index (χ0n) is 24.9. The van der Waals surface area contributed by atoms with Crippen molar-refractivity contribution in [3.8, 4) is 22.8 Å². The van der Waals surface area contributed by atoms with Gasteiger partial charge in [-0.2, -0.15) is 0 Å². The Morgan fingerprint density at radius 1 is 1.17 bits per heavy atom. The molecule has 2 heterocycles. The molecule has 1 aliphatic heterocycles. The predicted molar refractivity (Wildman–Crippen MR) is 159 cm³/mol. The van der Waals surface area contributed by atoms with Gasteiger partial charge in [0.05, 0.1) is 35.6 Å². The Labute approximate surface area is 244 Å². The molecule has 0 saturated carbocycles. The molecule has 224 valence electrons. The molecule has 4 N–H and O–H groups in total. The summed E-state index contributed by atoms with van der Waals surface area (Å²) in [5.41, 5.74) is 7.39. The smallest absolute Gasteiger partial charge is 0.316 e. The van der Waals surface area contributed by atoms with Crippen molar-refractivity contribution in [2.75, 3.05) is 43.5 Å². The zero-order chi connectivity index (χ0) is 30.8. The van der Waals surface area contributed by atoms with Gasteiger partial charge in [-0.05, 0) is 51.8 Å². The number of hydrogen-bond donors (Lipinski definition) is 3. The summed E-state index contributed by atoms with van der Waals surface area (Å²) in [5, 5.41) is 19.8. The number of benzene rings is 2. The van der Waals surface area contributed by atoms with Crippen LogP contribution in [0.1, 0.15) is 57.7 Å². The van der Waals surface area contributed by atoms with Crippen molar-refractivity contribution < 1.29 is 23.5 Å². The lowest BCUT2D eigenvalue weighted by atomic mass is 9.95. The number of ether oxygens (including phenoxy) is 2. The van der Waals surface area contributed by atoms with Crippen molar-refractivity contribution in [3.05, 3.63) is 47.5 Å². The number of nitrogens with two attached hydrogens (primary N) is 1. The first-order chi connectivity index (χ1) is 19.8. The second-order valence-electron chi connectivity index (χ2n) is 11.4. The molecule has 1 amide bonds. The molecule has 4 rings (SSSR count). The number of nitrogen functional groups attached to an aromatic ring is 1. The number of nitrogens with one attached hydrogen (secondary N) is 2. The van der Waals surface area contributed by atoms with Crippen LogP contribution in [0.25, 0.3) is 17.1 Å². The van der Waals surface area contributed by atoms with Gasteiger partial charge in [0.25, 0.3) is 5.91 Å². The Morgan fingerprint density at radius 3 is 2.45 bits per heavy atom. The van der Waals surface area contributed by atoms with Gasteiger partial charge in [0.1, 0.15) is 11.6 Å². The molecule has 12 heteroatoms. The van der Waals surface area contributed by atoms with Gasteiger partial charge >= 0.3 is 5.97 Å². The Bertz CT molecular complexity index is 1500. The van der Waals surface area contributed by atoms with E-state index in [-0.39, 0.29) is 46.0 Å². The molecule has 0 atom stereocenters. The SMILES string of the molecule is CCNC(=O)c1nnc(-c2cc(C(=N)C(C)C)c(N)cc2OC(=O)C(C)(C)C)n1-c1ccc(N2CCOCC2)c(F)c1. The summed E-state index contributed by atoms with van der Waals surface area (Å²) < 4.78 is 28.2. The molecule has 3 aromatic rings. The number of carbonyl (C=O) groups is 2. The number of halogens is 1. The molecule has 1 aromatic heterocycles. The van der Waals surface area contributed by atoms with Crippen LogP contribution < -0.4 is 20.7 Å². The van der Waals surface area contributed by atoms with E-state index in [1.807, 2.05) is 18.7 Å². The van der Waals surface area contributed by atoms with E-state index in [4.69, 9.17) is 20.6 Å². The maximum Gasteiger partial charge on any atom is 0.316 e. The topological polar surface area (TPSA) is 148 Å². The van der Waals surface area contributed by atoms with Crippen LogP contribution in [-0.2, 0) is 9.53 Å². The average Bonchev–Trinajstić information content (AvgIpc) is 3.38. The number of hydrogen-bond acceptors (Lipinski definition) is 9. The molecular formula is C30H38FN7O4. The van der Waals surface area contributed by atoms with E-state index in [9.17, 15) is 9.59 Å². The molecule has 0 radical (unpaired) electrons. The lowest BCUT2D eigenvalue weighted by Crippen LogP contribution is -2.36. The first kappa shape index (κ1) is 30.6. The molecule has 1 saturated heterocycles. The first-order valence-electron chi connectivity index (χ1n) is 13.9. The van der Waals surface area contributed by atoms with Crippen molar-refractivity contribution in [3.63, 3.8) is 0 Å². The number of esters is 1. The third-order valence-electron chi connectivity index (χ3n) is 6.82. The lowest BCUT2D eigenvalue weighted by Gasteiger charge is -2.29. The molecule has 2 aromatic carbocycles. The standard InChI is InChI=1S/C30H38FN7O4/c1-7-34-28(39)27-36-35-26(38(27)18-8-9-23(21(31)14-18)37-10-12-41-13-11-37)20-15-19(25(33)17(2)3)22(32)16-24(20)42-29(40)30(4,5)6/h8-9,14-17,33H,7,10-13,32H2,1-6H3,(H,34,39). The fourth-order valence-electron chi connectivity index (χ4n) is 4.44. The fourth-order valence-corrected chi connectivity index (χ4v) is 4.44. The number of carbonyl (C=O) groups excluding carboxylic acids is 2. The van der Waals surface area contributed by atoms with Crippen molar-refractivity contribution in [1.29, 1.82) is 5.41 Å². The Morgan fingerprint density at radius 2 is 1.86 bits per heavy atom. The Balaban J connectivity index is 1.95. The van der Waals surface area contributed by atoms with E-state index in [0.29, 0.717) is 44.1 Å². The third kappa shape index (κ3) is 6.28. The van der Waals surface area contributed by atoms with Crippen LogP contribution in [0.3, 0.4) is 0 Å². The zero-order valence-corrected chi connectivity index (χ0v) is 24.9. The maximum absolute atomic E-state index is 15.6. The number of anilines is 2. The third-order valence-corrected chi connectivity index (χ3v) is 6.82. The van der Waals surface area contributed by atoms with E-state index in [1.165, 1.54) is 16.7 Å². The molecular weight excluding hydrogens is 541 g/mol. The summed E-state index contributed by atoms with van der Waals surface area (Å²) >= 11 is 0. The molecule has 1 aliphatic rings. The minimum Gasteiger partial charge on any atom is -0.425 e. The average molecular weight is 580 g/mol. The molecule has 42 heavy (non-hydrogen) atoms. The molecule has 0 aliphatic carbocycles. The molecule has 0 spiro atoms. The first-order valence-corrected chi connectivity index (χ1v) is 13.9. The highest BCUT2D eigenvalue weighted by Gasteiger charge is 2.29. The number of morpholine rings is 1.